The van der Waals surface area contributed by atoms with Gasteiger partial charge in [0.1, 0.15) is 6.10 Å². The van der Waals surface area contributed by atoms with Crippen LogP contribution in [-0.2, 0) is 18.9 Å². The van der Waals surface area contributed by atoms with Crippen LogP contribution in [0.25, 0.3) is 0 Å². The second kappa shape index (κ2) is 11.6. The molecule has 5 aliphatic carbocycles. The van der Waals surface area contributed by atoms with Crippen LogP contribution in [0.4, 0.5) is 0 Å². The van der Waals surface area contributed by atoms with Gasteiger partial charge in [0.15, 0.2) is 6.29 Å². The summed E-state index contributed by atoms with van der Waals surface area (Å²) in [6.07, 6.45) is 7.06. The topological polar surface area (TPSA) is 119 Å². The van der Waals surface area contributed by atoms with Crippen molar-refractivity contribution < 1.29 is 29.2 Å². The number of rotatable bonds is 8. The molecule has 3 heterocycles. The van der Waals surface area contributed by atoms with E-state index in [0.717, 1.165) is 77.4 Å². The van der Waals surface area contributed by atoms with E-state index in [9.17, 15) is 10.2 Å². The van der Waals surface area contributed by atoms with Crippen LogP contribution in [0.2, 0.25) is 0 Å². The van der Waals surface area contributed by atoms with Crippen molar-refractivity contribution in [3.8, 4) is 0 Å². The highest BCUT2D eigenvalue weighted by atomic mass is 16.7. The standard InChI is InChI=1S/C39H67N3O6/c1-8-45-33(35(5,6)44)25-17-23(2)30-31(47-25)32(43)39(40)27-10-9-26-34(3,4)28(11-12-37(26)22-38(27,37)14-13-36(30,39)7)48-29-21-42(15-16-46-29)20-24-18-41-19-24/h23-33,41,43-44H,8-22,40H2,1-7H3/t23-,25-,26+,27-,28+,29+,30?,31+,32+,33+,36-,37-,38+,39+/m1/s1. The Hall–Kier alpha value is -0.360. The number of aliphatic hydroxyl groups excluding tert-OH is 1. The number of nitrogens with zero attached hydrogens (tertiary/aromatic N) is 1. The van der Waals surface area contributed by atoms with Gasteiger partial charge in [-0.3, -0.25) is 4.90 Å². The minimum absolute atomic E-state index is 0.0529. The van der Waals surface area contributed by atoms with Gasteiger partial charge in [-0.1, -0.05) is 27.7 Å². The Morgan fingerprint density at radius 3 is 2.48 bits per heavy atom. The Balaban J connectivity index is 1.01. The summed E-state index contributed by atoms with van der Waals surface area (Å²) in [6, 6.07) is 0. The van der Waals surface area contributed by atoms with Crippen molar-refractivity contribution in [2.24, 2.45) is 57.0 Å². The number of nitrogens with two attached hydrogens (primary N) is 1. The first-order valence-electron chi connectivity index (χ1n) is 19.8. The van der Waals surface area contributed by atoms with Gasteiger partial charge in [-0.15, -0.1) is 0 Å². The van der Waals surface area contributed by atoms with E-state index in [4.69, 9.17) is 24.7 Å². The molecule has 3 aliphatic heterocycles. The van der Waals surface area contributed by atoms with Gasteiger partial charge in [0.25, 0.3) is 0 Å². The Labute approximate surface area is 289 Å². The van der Waals surface area contributed by atoms with E-state index in [1.807, 2.05) is 20.8 Å². The van der Waals surface area contributed by atoms with Gasteiger partial charge in [-0.05, 0) is 123 Å². The normalized spacial score (nSPS) is 52.2. The summed E-state index contributed by atoms with van der Waals surface area (Å²) in [5.74, 6) is 2.15. The Morgan fingerprint density at radius 2 is 1.79 bits per heavy atom. The predicted octanol–water partition coefficient (Wildman–Crippen LogP) is 3.93. The summed E-state index contributed by atoms with van der Waals surface area (Å²) >= 11 is 0. The smallest absolute Gasteiger partial charge is 0.170 e. The Bertz CT molecular complexity index is 1220. The first kappa shape index (κ1) is 34.7. The molecule has 0 aromatic heterocycles. The second-order valence-electron chi connectivity index (χ2n) is 19.4. The molecule has 9 heteroatoms. The van der Waals surface area contributed by atoms with Crippen LogP contribution in [0.3, 0.4) is 0 Å². The highest BCUT2D eigenvalue weighted by Crippen LogP contribution is 2.87. The van der Waals surface area contributed by atoms with Crippen LogP contribution in [0, 0.1) is 51.2 Å². The zero-order valence-electron chi connectivity index (χ0n) is 31.0. The van der Waals surface area contributed by atoms with Crippen LogP contribution in [0.1, 0.15) is 99.8 Å². The van der Waals surface area contributed by atoms with Crippen LogP contribution in [0.5, 0.6) is 0 Å². The molecule has 48 heavy (non-hydrogen) atoms. The van der Waals surface area contributed by atoms with E-state index < -0.39 is 23.3 Å². The van der Waals surface area contributed by atoms with Crippen LogP contribution >= 0.6 is 0 Å². The van der Waals surface area contributed by atoms with E-state index in [0.29, 0.717) is 18.4 Å². The zero-order valence-corrected chi connectivity index (χ0v) is 31.0. The monoisotopic (exact) mass is 674 g/mol. The molecule has 0 radical (unpaired) electrons. The highest BCUT2D eigenvalue weighted by Gasteiger charge is 2.85. The van der Waals surface area contributed by atoms with Gasteiger partial charge in [-0.2, -0.15) is 0 Å². The van der Waals surface area contributed by atoms with Crippen molar-refractivity contribution in [2.45, 2.75) is 148 Å². The molecule has 2 spiro atoms. The third-order valence-electron chi connectivity index (χ3n) is 16.4. The van der Waals surface area contributed by atoms with Gasteiger partial charge < -0.3 is 40.2 Å². The van der Waals surface area contributed by atoms with Crippen LogP contribution in [0.15, 0.2) is 0 Å². The lowest BCUT2D eigenvalue weighted by Gasteiger charge is -2.63. The maximum absolute atomic E-state index is 12.5. The minimum Gasteiger partial charge on any atom is -0.388 e. The fraction of sp³-hybridized carbons (Fsp3) is 1.00. The highest BCUT2D eigenvalue weighted by molar-refractivity contribution is 5.35. The lowest BCUT2D eigenvalue weighted by Crippen LogP contribution is -2.70. The average molecular weight is 674 g/mol. The maximum Gasteiger partial charge on any atom is 0.170 e. The fourth-order valence-corrected chi connectivity index (χ4v) is 14.3. The summed E-state index contributed by atoms with van der Waals surface area (Å²) in [7, 11) is 0. The van der Waals surface area contributed by atoms with Crippen LogP contribution < -0.4 is 11.1 Å². The number of nitrogens with one attached hydrogen (secondary N) is 1. The SMILES string of the molecule is CCO[C@@H]([C@H]1C[C@@H](C)C2[C@H](O1)[C@H](O)[C@@]1(N)[C@@H]3CC[C@H]4C(C)(C)[C@@H](O[C@H]5CN(CC6CNC6)CCO5)CC[C@@]45C[C@@]35CC[C@]21C)C(C)(C)O. The van der Waals surface area contributed by atoms with Crippen molar-refractivity contribution >= 4 is 0 Å². The quantitative estimate of drug-likeness (QED) is 0.304. The zero-order chi connectivity index (χ0) is 34.1. The summed E-state index contributed by atoms with van der Waals surface area (Å²) in [5.41, 5.74) is 6.44. The molecule has 9 nitrogen and oxygen atoms in total. The molecule has 5 saturated carbocycles. The predicted molar refractivity (Wildman–Crippen MR) is 184 cm³/mol. The first-order valence-corrected chi connectivity index (χ1v) is 19.8. The van der Waals surface area contributed by atoms with Gasteiger partial charge >= 0.3 is 0 Å². The lowest BCUT2D eigenvalue weighted by atomic mass is 9.43. The number of morpholine rings is 1. The average Bonchev–Trinajstić information content (AvgIpc) is 3.63. The second-order valence-corrected chi connectivity index (χ2v) is 19.4. The van der Waals surface area contributed by atoms with Crippen molar-refractivity contribution in [3.05, 3.63) is 0 Å². The first-order chi connectivity index (χ1) is 22.6. The maximum atomic E-state index is 12.5. The third-order valence-corrected chi connectivity index (χ3v) is 16.4. The summed E-state index contributed by atoms with van der Waals surface area (Å²) in [6.45, 7) is 21.8. The molecule has 274 valence electrons. The number of hydrogen-bond acceptors (Lipinski definition) is 9. The van der Waals surface area contributed by atoms with Crippen LogP contribution in [-0.4, -0.2) is 109 Å². The molecule has 8 fully saturated rings. The van der Waals surface area contributed by atoms with Gasteiger partial charge in [0, 0.05) is 39.3 Å². The van der Waals surface area contributed by atoms with Crippen molar-refractivity contribution in [3.63, 3.8) is 0 Å². The van der Waals surface area contributed by atoms with Crippen molar-refractivity contribution in [1.29, 1.82) is 0 Å². The van der Waals surface area contributed by atoms with E-state index in [1.54, 1.807) is 0 Å². The Morgan fingerprint density at radius 1 is 1.06 bits per heavy atom. The largest absolute Gasteiger partial charge is 0.388 e. The van der Waals surface area contributed by atoms with Gasteiger partial charge in [-0.25, -0.2) is 0 Å². The lowest BCUT2D eigenvalue weighted by molar-refractivity contribution is -0.247. The van der Waals surface area contributed by atoms with E-state index >= 15 is 0 Å². The molecular weight excluding hydrogens is 606 g/mol. The van der Waals surface area contributed by atoms with Gasteiger partial charge in [0.05, 0.1) is 42.2 Å². The number of aliphatic hydroxyl groups is 2. The van der Waals surface area contributed by atoms with Crippen molar-refractivity contribution in [2.75, 3.05) is 45.9 Å². The molecule has 8 rings (SSSR count). The van der Waals surface area contributed by atoms with E-state index in [2.05, 4.69) is 37.9 Å². The number of fused-ring (bicyclic) bond motifs is 4. The molecule has 0 bridgehead atoms. The van der Waals surface area contributed by atoms with Crippen molar-refractivity contribution in [1.82, 2.24) is 10.2 Å². The number of hydrogen-bond donors (Lipinski definition) is 4. The number of ether oxygens (including phenoxy) is 4. The van der Waals surface area contributed by atoms with Gasteiger partial charge in [0.2, 0.25) is 0 Å². The summed E-state index contributed by atoms with van der Waals surface area (Å²) in [5, 5.41) is 27.0. The molecule has 0 aromatic rings. The molecule has 0 aromatic carbocycles. The fourth-order valence-electron chi connectivity index (χ4n) is 14.3. The molecule has 0 amide bonds. The van der Waals surface area contributed by atoms with E-state index in [-0.39, 0.29) is 58.1 Å². The molecule has 3 saturated heterocycles. The Kier molecular flexibility index (Phi) is 8.37. The third kappa shape index (κ3) is 4.73. The van der Waals surface area contributed by atoms with E-state index in [1.165, 1.54) is 19.3 Å². The molecule has 1 unspecified atom stereocenters. The summed E-state index contributed by atoms with van der Waals surface area (Å²) in [4.78, 5) is 2.55. The molecular formula is C39H67N3O6. The summed E-state index contributed by atoms with van der Waals surface area (Å²) < 4.78 is 26.2. The minimum atomic E-state index is -1.04. The molecule has 8 aliphatic rings. The molecule has 5 N–H and O–H groups in total. The molecule has 14 atom stereocenters.